The summed E-state index contributed by atoms with van der Waals surface area (Å²) < 4.78 is 0. The minimum absolute atomic E-state index is 0.697. The molecule has 4 nitrogen and oxygen atoms in total. The van der Waals surface area contributed by atoms with Gasteiger partial charge >= 0.3 is 5.97 Å². The molecule has 1 aliphatic rings. The smallest absolute Gasteiger partial charge is 0.314 e. The van der Waals surface area contributed by atoms with E-state index in [1.54, 1.807) is 6.20 Å². The highest BCUT2D eigenvalue weighted by Gasteiger charge is 2.43. The van der Waals surface area contributed by atoms with Gasteiger partial charge in [0.05, 0.1) is 5.41 Å². The third-order valence-electron chi connectivity index (χ3n) is 3.63. The number of carboxylic acids is 1. The molecule has 92 valence electrons. The quantitative estimate of drug-likeness (QED) is 0.869. The second-order valence-electron chi connectivity index (χ2n) is 4.89. The first-order chi connectivity index (χ1) is 8.06. The lowest BCUT2D eigenvalue weighted by atomic mass is 9.80. The third-order valence-corrected chi connectivity index (χ3v) is 3.63. The van der Waals surface area contributed by atoms with E-state index in [-0.39, 0.29) is 0 Å². The maximum atomic E-state index is 11.5. The van der Waals surface area contributed by atoms with Gasteiger partial charge in [0, 0.05) is 20.3 Å². The molecule has 0 aromatic carbocycles. The van der Waals surface area contributed by atoms with E-state index in [1.807, 2.05) is 31.1 Å². The van der Waals surface area contributed by atoms with Crippen LogP contribution in [0.15, 0.2) is 18.3 Å². The number of pyridine rings is 1. The summed E-state index contributed by atoms with van der Waals surface area (Å²) in [6.07, 6.45) is 5.15. The molecule has 0 bridgehead atoms. The third kappa shape index (κ3) is 1.99. The summed E-state index contributed by atoms with van der Waals surface area (Å²) in [6.45, 7) is 0. The van der Waals surface area contributed by atoms with Crippen LogP contribution >= 0.6 is 0 Å². The summed E-state index contributed by atoms with van der Waals surface area (Å²) in [5, 5.41) is 9.46. The number of hydrogen-bond donors (Lipinski definition) is 1. The van der Waals surface area contributed by atoms with Gasteiger partial charge in [0.2, 0.25) is 0 Å². The van der Waals surface area contributed by atoms with Crippen LogP contribution in [0.2, 0.25) is 0 Å². The summed E-state index contributed by atoms with van der Waals surface area (Å²) >= 11 is 0. The zero-order valence-corrected chi connectivity index (χ0v) is 10.3. The lowest BCUT2D eigenvalue weighted by Crippen LogP contribution is -2.32. The highest BCUT2D eigenvalue weighted by molar-refractivity contribution is 5.81. The molecule has 1 aliphatic carbocycles. The van der Waals surface area contributed by atoms with Crippen LogP contribution < -0.4 is 4.90 Å². The number of aliphatic carboxylic acids is 1. The fourth-order valence-electron chi connectivity index (χ4n) is 2.54. The first-order valence-corrected chi connectivity index (χ1v) is 5.93. The van der Waals surface area contributed by atoms with Crippen LogP contribution in [0.1, 0.15) is 31.2 Å². The normalized spacial score (nSPS) is 18.0. The topological polar surface area (TPSA) is 53.4 Å². The number of aromatic nitrogens is 1. The van der Waals surface area contributed by atoms with Gasteiger partial charge in [-0.3, -0.25) is 4.79 Å². The van der Waals surface area contributed by atoms with E-state index in [4.69, 9.17) is 0 Å². The highest BCUT2D eigenvalue weighted by atomic mass is 16.4. The van der Waals surface area contributed by atoms with Crippen molar-refractivity contribution in [2.75, 3.05) is 19.0 Å². The Hall–Kier alpha value is -1.58. The molecule has 0 unspecified atom stereocenters. The SMILES string of the molecule is CN(C)c1ccc(C2(C(=O)O)CCCC2)cn1. The van der Waals surface area contributed by atoms with Gasteiger partial charge in [0.25, 0.3) is 0 Å². The van der Waals surface area contributed by atoms with Crippen molar-refractivity contribution in [3.05, 3.63) is 23.9 Å². The van der Waals surface area contributed by atoms with Crippen molar-refractivity contribution in [1.29, 1.82) is 0 Å². The van der Waals surface area contributed by atoms with E-state index in [2.05, 4.69) is 4.98 Å². The zero-order valence-electron chi connectivity index (χ0n) is 10.3. The van der Waals surface area contributed by atoms with Crippen LogP contribution in [0, 0.1) is 0 Å². The van der Waals surface area contributed by atoms with Crippen LogP contribution in [0.4, 0.5) is 5.82 Å². The number of anilines is 1. The van der Waals surface area contributed by atoms with Crippen molar-refractivity contribution in [3.63, 3.8) is 0 Å². The van der Waals surface area contributed by atoms with Gasteiger partial charge in [-0.2, -0.15) is 0 Å². The van der Waals surface area contributed by atoms with Crippen molar-refractivity contribution in [2.24, 2.45) is 0 Å². The Morgan fingerprint density at radius 1 is 1.35 bits per heavy atom. The summed E-state index contributed by atoms with van der Waals surface area (Å²) in [7, 11) is 3.84. The molecule has 0 aliphatic heterocycles. The Labute approximate surface area is 101 Å². The van der Waals surface area contributed by atoms with Crippen LogP contribution in [0.25, 0.3) is 0 Å². The number of carboxylic acid groups (broad SMARTS) is 1. The lowest BCUT2D eigenvalue weighted by Gasteiger charge is -2.24. The fraction of sp³-hybridized carbons (Fsp3) is 0.538. The monoisotopic (exact) mass is 234 g/mol. The van der Waals surface area contributed by atoms with Gasteiger partial charge in [0.1, 0.15) is 5.82 Å². The molecule has 4 heteroatoms. The van der Waals surface area contributed by atoms with Gasteiger partial charge in [-0.1, -0.05) is 18.9 Å². The Kier molecular flexibility index (Phi) is 3.05. The van der Waals surface area contributed by atoms with E-state index >= 15 is 0 Å². The molecule has 1 heterocycles. The second kappa shape index (κ2) is 4.35. The predicted molar refractivity (Wildman–Crippen MR) is 66.3 cm³/mol. The van der Waals surface area contributed by atoms with Crippen molar-refractivity contribution in [2.45, 2.75) is 31.1 Å². The molecule has 0 spiro atoms. The number of carbonyl (C=O) groups is 1. The molecule has 1 aromatic heterocycles. The summed E-state index contributed by atoms with van der Waals surface area (Å²) in [6, 6.07) is 3.79. The van der Waals surface area contributed by atoms with Crippen molar-refractivity contribution in [3.8, 4) is 0 Å². The Bertz CT molecular complexity index is 406. The van der Waals surface area contributed by atoms with Crippen LogP contribution in [-0.2, 0) is 10.2 Å². The number of rotatable bonds is 3. The van der Waals surface area contributed by atoms with Gasteiger partial charge in [-0.25, -0.2) is 4.98 Å². The zero-order chi connectivity index (χ0) is 12.5. The van der Waals surface area contributed by atoms with E-state index in [9.17, 15) is 9.90 Å². The van der Waals surface area contributed by atoms with Crippen molar-refractivity contribution >= 4 is 11.8 Å². The number of nitrogens with zero attached hydrogens (tertiary/aromatic N) is 2. The number of hydrogen-bond acceptors (Lipinski definition) is 3. The van der Waals surface area contributed by atoms with E-state index in [0.717, 1.165) is 37.1 Å². The molecule has 1 N–H and O–H groups in total. The largest absolute Gasteiger partial charge is 0.481 e. The molecule has 1 fully saturated rings. The van der Waals surface area contributed by atoms with Crippen LogP contribution in [-0.4, -0.2) is 30.2 Å². The molecule has 2 rings (SSSR count). The molecule has 0 saturated heterocycles. The molecule has 1 aromatic rings. The minimum atomic E-state index is -0.714. The molecule has 0 amide bonds. The van der Waals surface area contributed by atoms with Crippen LogP contribution in [0.3, 0.4) is 0 Å². The fourth-order valence-corrected chi connectivity index (χ4v) is 2.54. The van der Waals surface area contributed by atoms with Gasteiger partial charge in [-0.05, 0) is 24.5 Å². The van der Waals surface area contributed by atoms with Gasteiger partial charge in [-0.15, -0.1) is 0 Å². The average molecular weight is 234 g/mol. The average Bonchev–Trinajstić information content (AvgIpc) is 2.79. The lowest BCUT2D eigenvalue weighted by molar-refractivity contribution is -0.143. The minimum Gasteiger partial charge on any atom is -0.481 e. The van der Waals surface area contributed by atoms with Crippen molar-refractivity contribution < 1.29 is 9.90 Å². The van der Waals surface area contributed by atoms with Gasteiger partial charge < -0.3 is 10.0 Å². The Morgan fingerprint density at radius 2 is 2.00 bits per heavy atom. The summed E-state index contributed by atoms with van der Waals surface area (Å²) in [5.74, 6) is 0.140. The Balaban J connectivity index is 2.35. The molecule has 17 heavy (non-hydrogen) atoms. The first kappa shape index (κ1) is 11.9. The maximum Gasteiger partial charge on any atom is 0.314 e. The van der Waals surface area contributed by atoms with E-state index in [1.165, 1.54) is 0 Å². The molecule has 0 atom stereocenters. The molecule has 1 saturated carbocycles. The predicted octanol–water partition coefficient (Wildman–Crippen LogP) is 2.04. The highest BCUT2D eigenvalue weighted by Crippen LogP contribution is 2.41. The summed E-state index contributed by atoms with van der Waals surface area (Å²) in [4.78, 5) is 17.7. The Morgan fingerprint density at radius 3 is 2.41 bits per heavy atom. The second-order valence-corrected chi connectivity index (χ2v) is 4.89. The molecular formula is C13H18N2O2. The summed E-state index contributed by atoms with van der Waals surface area (Å²) in [5.41, 5.74) is 0.144. The van der Waals surface area contributed by atoms with E-state index < -0.39 is 11.4 Å². The standard InChI is InChI=1S/C13H18N2O2/c1-15(2)11-6-5-10(9-14-11)13(12(16)17)7-3-4-8-13/h5-6,9H,3-4,7-8H2,1-2H3,(H,16,17). The van der Waals surface area contributed by atoms with Crippen LogP contribution in [0.5, 0.6) is 0 Å². The van der Waals surface area contributed by atoms with Gasteiger partial charge in [0.15, 0.2) is 0 Å². The van der Waals surface area contributed by atoms with Crippen molar-refractivity contribution in [1.82, 2.24) is 4.98 Å². The van der Waals surface area contributed by atoms with E-state index in [0.29, 0.717) is 0 Å². The molecule has 0 radical (unpaired) electrons. The maximum absolute atomic E-state index is 11.5. The first-order valence-electron chi connectivity index (χ1n) is 5.93. The molecular weight excluding hydrogens is 216 g/mol.